The van der Waals surface area contributed by atoms with Crippen LogP contribution >= 0.6 is 7.75 Å². The molecule has 0 heterocycles. The number of hydrogen-bond donors (Lipinski definition) is 0. The van der Waals surface area contributed by atoms with E-state index in [0.717, 1.165) is 6.42 Å². The summed E-state index contributed by atoms with van der Waals surface area (Å²) < 4.78 is 23.7. The summed E-state index contributed by atoms with van der Waals surface area (Å²) in [7, 11) is 0.122. The van der Waals surface area contributed by atoms with Gasteiger partial charge in [-0.2, -0.15) is 0 Å². The molecular weight excluding hydrogens is 189 g/mol. The van der Waals surface area contributed by atoms with E-state index in [1.54, 1.807) is 11.7 Å². The van der Waals surface area contributed by atoms with Crippen molar-refractivity contribution in [1.82, 2.24) is 4.67 Å². The van der Waals surface area contributed by atoms with E-state index in [0.29, 0.717) is 6.61 Å². The summed E-state index contributed by atoms with van der Waals surface area (Å²) in [5, 5.41) is 0. The van der Waals surface area contributed by atoms with E-state index in [2.05, 4.69) is 0 Å². The SMILES string of the molecule is CCCOP(=O)(OC)N(C)C(C)C. The second-order valence-corrected chi connectivity index (χ2v) is 5.34. The van der Waals surface area contributed by atoms with Crippen LogP contribution in [0.3, 0.4) is 0 Å². The predicted octanol–water partition coefficient (Wildman–Crippen LogP) is 2.51. The first-order valence-corrected chi connectivity index (χ1v) is 6.01. The van der Waals surface area contributed by atoms with E-state index in [4.69, 9.17) is 9.05 Å². The van der Waals surface area contributed by atoms with Crippen LogP contribution in [0.4, 0.5) is 0 Å². The third-order valence-corrected chi connectivity index (χ3v) is 4.03. The van der Waals surface area contributed by atoms with Crippen molar-refractivity contribution in [3.05, 3.63) is 0 Å². The highest BCUT2D eigenvalue weighted by molar-refractivity contribution is 7.51. The first kappa shape index (κ1) is 13.1. The fraction of sp³-hybridized carbons (Fsp3) is 1.00. The van der Waals surface area contributed by atoms with Crippen molar-refractivity contribution in [3.8, 4) is 0 Å². The largest absolute Gasteiger partial charge is 0.407 e. The van der Waals surface area contributed by atoms with Gasteiger partial charge in [0, 0.05) is 13.2 Å². The molecule has 0 saturated heterocycles. The molecule has 0 aromatic rings. The fourth-order valence-corrected chi connectivity index (χ4v) is 2.29. The molecule has 5 heteroatoms. The predicted molar refractivity (Wildman–Crippen MR) is 53.8 cm³/mol. The molecule has 0 amide bonds. The minimum atomic E-state index is -3.03. The van der Waals surface area contributed by atoms with E-state index >= 15 is 0 Å². The van der Waals surface area contributed by atoms with Crippen LogP contribution in [0.5, 0.6) is 0 Å². The van der Waals surface area contributed by atoms with Gasteiger partial charge in [0.15, 0.2) is 0 Å². The highest BCUT2D eigenvalue weighted by atomic mass is 31.2. The monoisotopic (exact) mass is 209 g/mol. The molecule has 0 aliphatic heterocycles. The lowest BCUT2D eigenvalue weighted by Crippen LogP contribution is -2.25. The van der Waals surface area contributed by atoms with Gasteiger partial charge >= 0.3 is 7.75 Å². The Morgan fingerprint density at radius 2 is 2.00 bits per heavy atom. The average Bonchev–Trinajstić information content (AvgIpc) is 2.12. The molecule has 0 aliphatic carbocycles. The second-order valence-electron chi connectivity index (χ2n) is 3.15. The zero-order valence-corrected chi connectivity index (χ0v) is 10.0. The molecule has 0 spiro atoms. The average molecular weight is 209 g/mol. The second kappa shape index (κ2) is 5.76. The van der Waals surface area contributed by atoms with Crippen molar-refractivity contribution < 1.29 is 13.6 Å². The van der Waals surface area contributed by atoms with E-state index in [-0.39, 0.29) is 6.04 Å². The topological polar surface area (TPSA) is 38.8 Å². The van der Waals surface area contributed by atoms with Crippen molar-refractivity contribution in [3.63, 3.8) is 0 Å². The van der Waals surface area contributed by atoms with Crippen LogP contribution in [-0.4, -0.2) is 31.5 Å². The Hall–Kier alpha value is 0.110. The molecule has 1 unspecified atom stereocenters. The fourth-order valence-electron chi connectivity index (χ4n) is 0.762. The quantitative estimate of drug-likeness (QED) is 0.630. The molecule has 0 rings (SSSR count). The summed E-state index contributed by atoms with van der Waals surface area (Å²) in [6.07, 6.45) is 0.833. The maximum atomic E-state index is 12.0. The van der Waals surface area contributed by atoms with E-state index in [1.165, 1.54) is 7.11 Å². The van der Waals surface area contributed by atoms with Crippen molar-refractivity contribution in [1.29, 1.82) is 0 Å². The van der Waals surface area contributed by atoms with Gasteiger partial charge in [-0.3, -0.25) is 9.05 Å². The summed E-state index contributed by atoms with van der Waals surface area (Å²) in [5.41, 5.74) is 0. The molecule has 0 N–H and O–H groups in total. The Labute approximate surface area is 80.8 Å². The summed E-state index contributed by atoms with van der Waals surface area (Å²) in [6, 6.07) is 0.141. The molecule has 0 bridgehead atoms. The lowest BCUT2D eigenvalue weighted by Gasteiger charge is -2.28. The Kier molecular flexibility index (Phi) is 5.81. The van der Waals surface area contributed by atoms with Gasteiger partial charge in [-0.05, 0) is 27.3 Å². The van der Waals surface area contributed by atoms with Crippen LogP contribution < -0.4 is 0 Å². The van der Waals surface area contributed by atoms with Gasteiger partial charge in [-0.15, -0.1) is 0 Å². The lowest BCUT2D eigenvalue weighted by atomic mass is 10.4. The molecule has 0 aromatic heterocycles. The van der Waals surface area contributed by atoms with E-state index in [1.807, 2.05) is 20.8 Å². The van der Waals surface area contributed by atoms with Gasteiger partial charge in [-0.25, -0.2) is 9.24 Å². The van der Waals surface area contributed by atoms with E-state index < -0.39 is 7.75 Å². The highest BCUT2D eigenvalue weighted by Gasteiger charge is 2.30. The molecule has 13 heavy (non-hydrogen) atoms. The molecule has 0 radical (unpaired) electrons. The Morgan fingerprint density at radius 3 is 2.31 bits per heavy atom. The van der Waals surface area contributed by atoms with Crippen molar-refractivity contribution in [2.75, 3.05) is 20.8 Å². The third kappa shape index (κ3) is 3.77. The minimum absolute atomic E-state index is 0.141. The molecule has 0 aromatic carbocycles. The van der Waals surface area contributed by atoms with Gasteiger partial charge in [0.1, 0.15) is 0 Å². The standard InChI is InChI=1S/C8H20NO3P/c1-6-7-12-13(10,11-5)9(4)8(2)3/h8H,6-7H2,1-5H3. The number of hydrogen-bond acceptors (Lipinski definition) is 3. The first-order valence-electron chi connectivity index (χ1n) is 4.51. The smallest absolute Gasteiger partial charge is 0.300 e. The molecule has 80 valence electrons. The Morgan fingerprint density at radius 1 is 1.46 bits per heavy atom. The van der Waals surface area contributed by atoms with Gasteiger partial charge in [0.2, 0.25) is 0 Å². The maximum absolute atomic E-state index is 12.0. The maximum Gasteiger partial charge on any atom is 0.407 e. The normalized spacial score (nSPS) is 16.5. The van der Waals surface area contributed by atoms with Crippen LogP contribution in [0.25, 0.3) is 0 Å². The highest BCUT2D eigenvalue weighted by Crippen LogP contribution is 2.51. The molecule has 0 fully saturated rings. The molecule has 0 aliphatic rings. The van der Waals surface area contributed by atoms with Crippen LogP contribution in [0.1, 0.15) is 27.2 Å². The van der Waals surface area contributed by atoms with Crippen LogP contribution in [0.15, 0.2) is 0 Å². The first-order chi connectivity index (χ1) is 5.98. The number of nitrogens with zero attached hydrogens (tertiary/aromatic N) is 1. The summed E-state index contributed by atoms with van der Waals surface area (Å²) in [4.78, 5) is 0. The van der Waals surface area contributed by atoms with Crippen molar-refractivity contribution in [2.24, 2.45) is 0 Å². The van der Waals surface area contributed by atoms with Gasteiger partial charge in [0.05, 0.1) is 6.61 Å². The molecule has 0 saturated carbocycles. The minimum Gasteiger partial charge on any atom is -0.300 e. The van der Waals surface area contributed by atoms with Gasteiger partial charge in [-0.1, -0.05) is 6.92 Å². The number of rotatable bonds is 6. The van der Waals surface area contributed by atoms with Crippen molar-refractivity contribution in [2.45, 2.75) is 33.2 Å². The summed E-state index contributed by atoms with van der Waals surface area (Å²) >= 11 is 0. The van der Waals surface area contributed by atoms with Crippen LogP contribution in [0, 0.1) is 0 Å². The molecule has 1 atom stereocenters. The van der Waals surface area contributed by atoms with Gasteiger partial charge in [0.25, 0.3) is 0 Å². The Bertz CT molecular complexity index is 184. The zero-order valence-electron chi connectivity index (χ0n) is 9.11. The summed E-state index contributed by atoms with van der Waals surface area (Å²) in [5.74, 6) is 0. The zero-order chi connectivity index (χ0) is 10.5. The van der Waals surface area contributed by atoms with E-state index in [9.17, 15) is 4.57 Å². The molecular formula is C8H20NO3P. The third-order valence-electron chi connectivity index (χ3n) is 1.82. The van der Waals surface area contributed by atoms with Crippen LogP contribution in [0.2, 0.25) is 0 Å². The molecule has 4 nitrogen and oxygen atoms in total. The lowest BCUT2D eigenvalue weighted by molar-refractivity contribution is 0.178. The van der Waals surface area contributed by atoms with Gasteiger partial charge < -0.3 is 0 Å². The van der Waals surface area contributed by atoms with Crippen molar-refractivity contribution >= 4 is 7.75 Å². The Balaban J connectivity index is 4.34. The summed E-state index contributed by atoms with van der Waals surface area (Å²) in [6.45, 7) is 6.32. The van der Waals surface area contributed by atoms with Crippen LogP contribution in [-0.2, 0) is 13.6 Å².